The van der Waals surface area contributed by atoms with Crippen LogP contribution in [0.1, 0.15) is 45.5 Å². The molecule has 0 aromatic carbocycles. The van der Waals surface area contributed by atoms with Gasteiger partial charge in [0.25, 0.3) is 0 Å². The third-order valence-electron chi connectivity index (χ3n) is 2.52. The summed E-state index contributed by atoms with van der Waals surface area (Å²) < 4.78 is 7.02. The second-order valence-corrected chi connectivity index (χ2v) is 3.66. The first-order valence-electron chi connectivity index (χ1n) is 5.92. The number of imidazole rings is 1. The van der Waals surface area contributed by atoms with Crippen LogP contribution in [-0.4, -0.2) is 22.1 Å². The average molecular weight is 224 g/mol. The van der Waals surface area contributed by atoms with Gasteiger partial charge in [-0.05, 0) is 13.3 Å². The molecule has 4 heteroatoms. The molecule has 0 aliphatic carbocycles. The quantitative estimate of drug-likeness (QED) is 0.697. The molecule has 1 aromatic heterocycles. The Bertz CT molecular complexity index is 334. The molecular weight excluding hydrogens is 204 g/mol. The second-order valence-electron chi connectivity index (χ2n) is 3.66. The molecule has 1 heterocycles. The lowest BCUT2D eigenvalue weighted by Crippen LogP contribution is -2.23. The van der Waals surface area contributed by atoms with Crippen molar-refractivity contribution in [1.82, 2.24) is 9.55 Å². The molecule has 1 atom stereocenters. The van der Waals surface area contributed by atoms with Gasteiger partial charge in [-0.3, -0.25) is 0 Å². The Hall–Kier alpha value is -1.32. The number of hydrogen-bond acceptors (Lipinski definition) is 3. The van der Waals surface area contributed by atoms with E-state index in [1.54, 1.807) is 6.20 Å². The fraction of sp³-hybridized carbons (Fsp3) is 0.667. The number of ether oxygens (including phenoxy) is 1. The number of esters is 1. The van der Waals surface area contributed by atoms with Crippen LogP contribution in [0.3, 0.4) is 0 Å². The van der Waals surface area contributed by atoms with Crippen LogP contribution in [0.15, 0.2) is 12.4 Å². The summed E-state index contributed by atoms with van der Waals surface area (Å²) >= 11 is 0. The normalized spacial score (nSPS) is 12.4. The summed E-state index contributed by atoms with van der Waals surface area (Å²) in [5.41, 5.74) is 0. The number of hydrogen-bond donors (Lipinski definition) is 0. The van der Waals surface area contributed by atoms with Crippen molar-refractivity contribution in [2.75, 3.05) is 6.61 Å². The van der Waals surface area contributed by atoms with E-state index in [9.17, 15) is 4.79 Å². The standard InChI is InChI=1S/C12H20N2O2/c1-4-7-10(12(15)16-6-3)14-9-8-13-11(14)5-2/h8-10H,4-7H2,1-3H3. The van der Waals surface area contributed by atoms with Crippen molar-refractivity contribution >= 4 is 5.97 Å². The first kappa shape index (κ1) is 12.7. The maximum atomic E-state index is 11.8. The first-order valence-corrected chi connectivity index (χ1v) is 5.92. The topological polar surface area (TPSA) is 44.1 Å². The van der Waals surface area contributed by atoms with Crippen LogP contribution in [0, 0.1) is 0 Å². The number of carbonyl (C=O) groups excluding carboxylic acids is 1. The van der Waals surface area contributed by atoms with Crippen LogP contribution < -0.4 is 0 Å². The van der Waals surface area contributed by atoms with Crippen molar-refractivity contribution in [3.63, 3.8) is 0 Å². The largest absolute Gasteiger partial charge is 0.464 e. The summed E-state index contributed by atoms with van der Waals surface area (Å²) in [5.74, 6) is 0.781. The van der Waals surface area contributed by atoms with Crippen molar-refractivity contribution in [2.24, 2.45) is 0 Å². The third-order valence-corrected chi connectivity index (χ3v) is 2.52. The Labute approximate surface area is 96.6 Å². The minimum absolute atomic E-state index is 0.156. The molecule has 4 nitrogen and oxygen atoms in total. The Kier molecular flexibility index (Phi) is 5.02. The summed E-state index contributed by atoms with van der Waals surface area (Å²) in [6.07, 6.45) is 6.16. The van der Waals surface area contributed by atoms with E-state index in [4.69, 9.17) is 4.74 Å². The van der Waals surface area contributed by atoms with Gasteiger partial charge in [0.1, 0.15) is 11.9 Å². The molecule has 1 unspecified atom stereocenters. The average Bonchev–Trinajstić information content (AvgIpc) is 2.73. The lowest BCUT2D eigenvalue weighted by atomic mass is 10.1. The predicted octanol–water partition coefficient (Wildman–Crippen LogP) is 2.35. The minimum Gasteiger partial charge on any atom is -0.464 e. The zero-order chi connectivity index (χ0) is 12.0. The monoisotopic (exact) mass is 224 g/mol. The van der Waals surface area contributed by atoms with Crippen molar-refractivity contribution < 1.29 is 9.53 Å². The van der Waals surface area contributed by atoms with E-state index in [0.717, 1.165) is 25.1 Å². The van der Waals surface area contributed by atoms with E-state index in [2.05, 4.69) is 11.9 Å². The van der Waals surface area contributed by atoms with E-state index in [-0.39, 0.29) is 12.0 Å². The van der Waals surface area contributed by atoms with Gasteiger partial charge in [0.2, 0.25) is 0 Å². The molecule has 1 rings (SSSR count). The van der Waals surface area contributed by atoms with Gasteiger partial charge >= 0.3 is 5.97 Å². The molecule has 0 N–H and O–H groups in total. The van der Waals surface area contributed by atoms with E-state index in [0.29, 0.717) is 6.61 Å². The molecule has 1 aromatic rings. The highest BCUT2D eigenvalue weighted by Gasteiger charge is 2.22. The zero-order valence-corrected chi connectivity index (χ0v) is 10.3. The minimum atomic E-state index is -0.220. The Balaban J connectivity index is 2.88. The van der Waals surface area contributed by atoms with Gasteiger partial charge in [0, 0.05) is 18.8 Å². The third kappa shape index (κ3) is 2.84. The number of aryl methyl sites for hydroxylation is 1. The van der Waals surface area contributed by atoms with Gasteiger partial charge < -0.3 is 9.30 Å². The van der Waals surface area contributed by atoms with Gasteiger partial charge in [-0.2, -0.15) is 0 Å². The fourth-order valence-corrected chi connectivity index (χ4v) is 1.78. The number of rotatable bonds is 6. The zero-order valence-electron chi connectivity index (χ0n) is 10.3. The van der Waals surface area contributed by atoms with Crippen molar-refractivity contribution in [3.8, 4) is 0 Å². The molecule has 16 heavy (non-hydrogen) atoms. The van der Waals surface area contributed by atoms with Crippen LogP contribution in [0.5, 0.6) is 0 Å². The van der Waals surface area contributed by atoms with E-state index < -0.39 is 0 Å². The summed E-state index contributed by atoms with van der Waals surface area (Å²) in [7, 11) is 0. The summed E-state index contributed by atoms with van der Waals surface area (Å²) in [6, 6.07) is -0.220. The molecule has 0 aliphatic heterocycles. The molecule has 0 spiro atoms. The summed E-state index contributed by atoms with van der Waals surface area (Å²) in [6.45, 7) is 6.35. The van der Waals surface area contributed by atoms with Crippen LogP contribution in [0.25, 0.3) is 0 Å². The van der Waals surface area contributed by atoms with Crippen LogP contribution in [0.4, 0.5) is 0 Å². The maximum Gasteiger partial charge on any atom is 0.329 e. The van der Waals surface area contributed by atoms with Gasteiger partial charge in [0.05, 0.1) is 6.61 Å². The highest BCUT2D eigenvalue weighted by molar-refractivity contribution is 5.74. The van der Waals surface area contributed by atoms with Crippen LogP contribution in [-0.2, 0) is 16.0 Å². The Morgan fingerprint density at radius 2 is 2.25 bits per heavy atom. The van der Waals surface area contributed by atoms with Gasteiger partial charge in [-0.25, -0.2) is 9.78 Å². The molecule has 0 fully saturated rings. The Morgan fingerprint density at radius 3 is 2.81 bits per heavy atom. The smallest absolute Gasteiger partial charge is 0.329 e. The van der Waals surface area contributed by atoms with E-state index in [1.807, 2.05) is 24.6 Å². The molecule has 0 bridgehead atoms. The van der Waals surface area contributed by atoms with Crippen molar-refractivity contribution in [3.05, 3.63) is 18.2 Å². The Morgan fingerprint density at radius 1 is 1.50 bits per heavy atom. The molecule has 0 saturated heterocycles. The van der Waals surface area contributed by atoms with E-state index >= 15 is 0 Å². The van der Waals surface area contributed by atoms with Gasteiger partial charge in [-0.15, -0.1) is 0 Å². The maximum absolute atomic E-state index is 11.8. The number of nitrogens with zero attached hydrogens (tertiary/aromatic N) is 2. The molecule has 0 amide bonds. The lowest BCUT2D eigenvalue weighted by Gasteiger charge is -2.18. The fourth-order valence-electron chi connectivity index (χ4n) is 1.78. The first-order chi connectivity index (χ1) is 7.74. The lowest BCUT2D eigenvalue weighted by molar-refractivity contribution is -0.147. The SMILES string of the molecule is CCCC(C(=O)OCC)n1ccnc1CC. The van der Waals surface area contributed by atoms with Gasteiger partial charge in [-0.1, -0.05) is 20.3 Å². The molecule has 0 radical (unpaired) electrons. The van der Waals surface area contributed by atoms with Crippen LogP contribution in [0.2, 0.25) is 0 Å². The summed E-state index contributed by atoms with van der Waals surface area (Å²) in [4.78, 5) is 16.1. The van der Waals surface area contributed by atoms with Crippen molar-refractivity contribution in [1.29, 1.82) is 0 Å². The molecular formula is C12H20N2O2. The highest BCUT2D eigenvalue weighted by Crippen LogP contribution is 2.18. The van der Waals surface area contributed by atoms with Crippen molar-refractivity contribution in [2.45, 2.75) is 46.1 Å². The second kappa shape index (κ2) is 6.30. The molecule has 0 aliphatic rings. The number of carbonyl (C=O) groups is 1. The predicted molar refractivity (Wildman–Crippen MR) is 62.2 cm³/mol. The molecule has 90 valence electrons. The van der Waals surface area contributed by atoms with E-state index in [1.165, 1.54) is 0 Å². The van der Waals surface area contributed by atoms with Gasteiger partial charge in [0.15, 0.2) is 0 Å². The highest BCUT2D eigenvalue weighted by atomic mass is 16.5. The number of aromatic nitrogens is 2. The molecule has 0 saturated carbocycles. The van der Waals surface area contributed by atoms with Crippen LogP contribution >= 0.6 is 0 Å². The summed E-state index contributed by atoms with van der Waals surface area (Å²) in [5, 5.41) is 0.